The highest BCUT2D eigenvalue weighted by atomic mass is 35.5. The number of carbonyl (C=O) groups is 1. The van der Waals surface area contributed by atoms with Crippen molar-refractivity contribution in [2.75, 3.05) is 12.4 Å². The summed E-state index contributed by atoms with van der Waals surface area (Å²) < 4.78 is 0. The highest BCUT2D eigenvalue weighted by molar-refractivity contribution is 6.27. The maximum absolute atomic E-state index is 11.8. The summed E-state index contributed by atoms with van der Waals surface area (Å²) in [6.45, 7) is 10.7. The standard InChI is InChI=1S/C13H20ClNO/c1-5-6-15(12(16)9-14)11-7-10(2)8-13(11,3)4/h5,7,10H,1,6,8-9H2,2-4H3. The van der Waals surface area contributed by atoms with Gasteiger partial charge in [-0.2, -0.15) is 0 Å². The van der Waals surface area contributed by atoms with Crippen LogP contribution in [0.4, 0.5) is 0 Å². The number of rotatable bonds is 4. The Kier molecular flexibility index (Phi) is 4.20. The van der Waals surface area contributed by atoms with Gasteiger partial charge in [-0.15, -0.1) is 18.2 Å². The minimum atomic E-state index is -0.0463. The SMILES string of the molecule is C=CCN(C(=O)CCl)C1=CC(C)CC1(C)C. The van der Waals surface area contributed by atoms with E-state index < -0.39 is 0 Å². The quantitative estimate of drug-likeness (QED) is 0.547. The zero-order valence-electron chi connectivity index (χ0n) is 10.3. The zero-order valence-corrected chi connectivity index (χ0v) is 11.0. The van der Waals surface area contributed by atoms with E-state index in [1.807, 2.05) is 0 Å². The molecule has 0 radical (unpaired) electrons. The molecular weight excluding hydrogens is 222 g/mol. The molecule has 0 fully saturated rings. The van der Waals surface area contributed by atoms with E-state index in [4.69, 9.17) is 11.6 Å². The van der Waals surface area contributed by atoms with Gasteiger partial charge < -0.3 is 4.90 Å². The van der Waals surface area contributed by atoms with Crippen LogP contribution in [0, 0.1) is 11.3 Å². The zero-order chi connectivity index (χ0) is 12.3. The van der Waals surface area contributed by atoms with Crippen LogP contribution in [-0.4, -0.2) is 23.2 Å². The second kappa shape index (κ2) is 5.05. The molecule has 0 saturated carbocycles. The number of amides is 1. The highest BCUT2D eigenvalue weighted by Crippen LogP contribution is 2.42. The predicted molar refractivity (Wildman–Crippen MR) is 68.3 cm³/mol. The second-order valence-electron chi connectivity index (χ2n) is 5.04. The first kappa shape index (κ1) is 13.3. The molecule has 1 amide bonds. The molecule has 1 unspecified atom stereocenters. The van der Waals surface area contributed by atoms with Crippen molar-refractivity contribution in [2.24, 2.45) is 11.3 Å². The lowest BCUT2D eigenvalue weighted by molar-refractivity contribution is -0.126. The number of alkyl halides is 1. The van der Waals surface area contributed by atoms with Crippen molar-refractivity contribution in [1.29, 1.82) is 0 Å². The Bertz CT molecular complexity index is 320. The molecule has 1 rings (SSSR count). The number of allylic oxidation sites excluding steroid dienone is 2. The van der Waals surface area contributed by atoms with E-state index in [2.05, 4.69) is 33.4 Å². The first-order valence-corrected chi connectivity index (χ1v) is 6.15. The number of hydrogen-bond donors (Lipinski definition) is 0. The topological polar surface area (TPSA) is 20.3 Å². The van der Waals surface area contributed by atoms with Crippen molar-refractivity contribution < 1.29 is 4.79 Å². The van der Waals surface area contributed by atoms with Crippen LogP contribution in [0.3, 0.4) is 0 Å². The molecule has 1 aliphatic carbocycles. The van der Waals surface area contributed by atoms with E-state index in [9.17, 15) is 4.79 Å². The smallest absolute Gasteiger partial charge is 0.241 e. The highest BCUT2D eigenvalue weighted by Gasteiger charge is 2.36. The number of nitrogens with zero attached hydrogens (tertiary/aromatic N) is 1. The van der Waals surface area contributed by atoms with E-state index in [1.54, 1.807) is 11.0 Å². The van der Waals surface area contributed by atoms with Crippen molar-refractivity contribution in [3.63, 3.8) is 0 Å². The van der Waals surface area contributed by atoms with E-state index >= 15 is 0 Å². The third kappa shape index (κ3) is 2.67. The molecule has 1 aliphatic rings. The van der Waals surface area contributed by atoms with Crippen LogP contribution in [0.1, 0.15) is 27.2 Å². The Balaban J connectivity index is 2.98. The van der Waals surface area contributed by atoms with Gasteiger partial charge in [-0.1, -0.05) is 32.9 Å². The lowest BCUT2D eigenvalue weighted by Crippen LogP contribution is -2.36. The Morgan fingerprint density at radius 3 is 2.75 bits per heavy atom. The summed E-state index contributed by atoms with van der Waals surface area (Å²) >= 11 is 5.64. The molecule has 1 atom stereocenters. The first-order valence-electron chi connectivity index (χ1n) is 5.62. The summed E-state index contributed by atoms with van der Waals surface area (Å²) in [6, 6.07) is 0. The van der Waals surface area contributed by atoms with Gasteiger partial charge in [0.25, 0.3) is 0 Å². The molecule has 90 valence electrons. The summed E-state index contributed by atoms with van der Waals surface area (Å²) in [6.07, 6.45) is 4.99. The number of halogens is 1. The molecule has 3 heteroatoms. The van der Waals surface area contributed by atoms with E-state index in [-0.39, 0.29) is 17.2 Å². The van der Waals surface area contributed by atoms with Gasteiger partial charge >= 0.3 is 0 Å². The van der Waals surface area contributed by atoms with Crippen LogP contribution in [0.5, 0.6) is 0 Å². The normalized spacial score (nSPS) is 22.8. The van der Waals surface area contributed by atoms with E-state index in [0.717, 1.165) is 12.1 Å². The molecule has 16 heavy (non-hydrogen) atoms. The van der Waals surface area contributed by atoms with Gasteiger partial charge in [-0.05, 0) is 12.3 Å². The average molecular weight is 242 g/mol. The van der Waals surface area contributed by atoms with Crippen LogP contribution in [0.25, 0.3) is 0 Å². The second-order valence-corrected chi connectivity index (χ2v) is 5.31. The molecule has 0 aliphatic heterocycles. The van der Waals surface area contributed by atoms with Gasteiger partial charge in [-0.25, -0.2) is 0 Å². The van der Waals surface area contributed by atoms with Crippen molar-refractivity contribution in [3.8, 4) is 0 Å². The lowest BCUT2D eigenvalue weighted by Gasteiger charge is -2.31. The van der Waals surface area contributed by atoms with Gasteiger partial charge in [0.15, 0.2) is 0 Å². The Labute approximate surface area is 103 Å². The molecule has 0 saturated heterocycles. The van der Waals surface area contributed by atoms with Crippen molar-refractivity contribution in [2.45, 2.75) is 27.2 Å². The third-order valence-corrected chi connectivity index (χ3v) is 3.21. The predicted octanol–water partition coefficient (Wildman–Crippen LogP) is 3.19. The molecule has 2 nitrogen and oxygen atoms in total. The third-order valence-electron chi connectivity index (χ3n) is 2.99. The Morgan fingerprint density at radius 2 is 2.38 bits per heavy atom. The fourth-order valence-electron chi connectivity index (χ4n) is 2.45. The fraction of sp³-hybridized carbons (Fsp3) is 0.615. The van der Waals surface area contributed by atoms with Gasteiger partial charge in [-0.3, -0.25) is 4.79 Å². The summed E-state index contributed by atoms with van der Waals surface area (Å²) in [5, 5.41) is 0. The van der Waals surface area contributed by atoms with Crippen molar-refractivity contribution >= 4 is 17.5 Å². The van der Waals surface area contributed by atoms with Gasteiger partial charge in [0.05, 0.1) is 0 Å². The van der Waals surface area contributed by atoms with Gasteiger partial charge in [0.1, 0.15) is 5.88 Å². The first-order chi connectivity index (χ1) is 7.42. The summed E-state index contributed by atoms with van der Waals surface area (Å²) in [5.41, 5.74) is 1.13. The largest absolute Gasteiger partial charge is 0.311 e. The Morgan fingerprint density at radius 1 is 1.75 bits per heavy atom. The molecule has 0 heterocycles. The number of hydrogen-bond acceptors (Lipinski definition) is 1. The maximum atomic E-state index is 11.8. The minimum Gasteiger partial charge on any atom is -0.311 e. The van der Waals surface area contributed by atoms with Gasteiger partial charge in [0, 0.05) is 17.7 Å². The van der Waals surface area contributed by atoms with Crippen molar-refractivity contribution in [3.05, 3.63) is 24.4 Å². The minimum absolute atomic E-state index is 0.0235. The summed E-state index contributed by atoms with van der Waals surface area (Å²) in [4.78, 5) is 13.5. The van der Waals surface area contributed by atoms with Crippen LogP contribution in [0.15, 0.2) is 24.4 Å². The van der Waals surface area contributed by atoms with Gasteiger partial charge in [0.2, 0.25) is 5.91 Å². The molecule has 0 spiro atoms. The van der Waals surface area contributed by atoms with Crippen LogP contribution in [-0.2, 0) is 4.79 Å². The average Bonchev–Trinajstić information content (AvgIpc) is 2.47. The molecular formula is C13H20ClNO. The summed E-state index contributed by atoms with van der Waals surface area (Å²) in [5.74, 6) is 0.491. The maximum Gasteiger partial charge on any atom is 0.241 e. The molecule has 0 N–H and O–H groups in total. The molecule has 0 aromatic rings. The fourth-order valence-corrected chi connectivity index (χ4v) is 2.60. The van der Waals surface area contributed by atoms with Crippen LogP contribution >= 0.6 is 11.6 Å². The van der Waals surface area contributed by atoms with Crippen molar-refractivity contribution in [1.82, 2.24) is 4.90 Å². The molecule has 0 aromatic carbocycles. The lowest BCUT2D eigenvalue weighted by atomic mass is 9.87. The van der Waals surface area contributed by atoms with E-state index in [0.29, 0.717) is 12.5 Å². The van der Waals surface area contributed by atoms with Crippen LogP contribution < -0.4 is 0 Å². The van der Waals surface area contributed by atoms with Crippen LogP contribution in [0.2, 0.25) is 0 Å². The Hall–Kier alpha value is -0.760. The van der Waals surface area contributed by atoms with E-state index in [1.165, 1.54) is 0 Å². The molecule has 0 aromatic heterocycles. The molecule has 0 bridgehead atoms. The number of carbonyl (C=O) groups excluding carboxylic acids is 1. The monoisotopic (exact) mass is 241 g/mol. The summed E-state index contributed by atoms with van der Waals surface area (Å²) in [7, 11) is 0.